The zero-order valence-corrected chi connectivity index (χ0v) is 11.0. The van der Waals surface area contributed by atoms with E-state index in [4.69, 9.17) is 5.73 Å². The van der Waals surface area contributed by atoms with Gasteiger partial charge in [0.25, 0.3) is 0 Å². The highest BCUT2D eigenvalue weighted by molar-refractivity contribution is 5.02. The summed E-state index contributed by atoms with van der Waals surface area (Å²) in [5.74, 6) is 6.06. The van der Waals surface area contributed by atoms with Crippen LogP contribution < -0.4 is 11.1 Å². The third-order valence-electron chi connectivity index (χ3n) is 4.32. The van der Waals surface area contributed by atoms with E-state index in [9.17, 15) is 0 Å². The lowest BCUT2D eigenvalue weighted by Crippen LogP contribution is -2.59. The third kappa shape index (κ3) is 3.01. The Labute approximate surface area is 105 Å². The molecule has 2 saturated heterocycles. The molecule has 0 spiro atoms. The molecular weight excluding hydrogens is 210 g/mol. The summed E-state index contributed by atoms with van der Waals surface area (Å²) in [5, 5.41) is 3.68. The first-order valence-electron chi connectivity index (χ1n) is 6.88. The normalized spacial score (nSPS) is 32.9. The summed E-state index contributed by atoms with van der Waals surface area (Å²) in [7, 11) is 0. The molecule has 2 rings (SSSR count). The Morgan fingerprint density at radius 2 is 2.35 bits per heavy atom. The topological polar surface area (TPSA) is 41.3 Å². The van der Waals surface area contributed by atoms with Crippen LogP contribution in [0.1, 0.15) is 39.0 Å². The van der Waals surface area contributed by atoms with Gasteiger partial charge in [0.1, 0.15) is 0 Å². The first kappa shape index (κ1) is 12.9. The number of nitrogens with two attached hydrogens (primary N) is 1. The smallest absolute Gasteiger partial charge is 0.0331 e. The van der Waals surface area contributed by atoms with Gasteiger partial charge < -0.3 is 16.0 Å². The predicted octanol–water partition coefficient (Wildman–Crippen LogP) is 0.945. The lowest BCUT2D eigenvalue weighted by molar-refractivity contribution is 0.111. The van der Waals surface area contributed by atoms with Crippen molar-refractivity contribution in [2.45, 2.75) is 50.6 Å². The number of rotatable bonds is 4. The van der Waals surface area contributed by atoms with Crippen LogP contribution in [0.2, 0.25) is 0 Å². The minimum absolute atomic E-state index is 0.181. The van der Waals surface area contributed by atoms with E-state index >= 15 is 0 Å². The van der Waals surface area contributed by atoms with Crippen molar-refractivity contribution in [3.05, 3.63) is 0 Å². The van der Waals surface area contributed by atoms with Gasteiger partial charge in [0, 0.05) is 37.6 Å². The van der Waals surface area contributed by atoms with Crippen molar-refractivity contribution in [3.8, 4) is 11.8 Å². The molecule has 0 aromatic carbocycles. The summed E-state index contributed by atoms with van der Waals surface area (Å²) in [5.41, 5.74) is 6.20. The average Bonchev–Trinajstić information content (AvgIpc) is 2.82. The summed E-state index contributed by atoms with van der Waals surface area (Å²) in [6.45, 7) is 6.15. The summed E-state index contributed by atoms with van der Waals surface area (Å²) in [6.07, 6.45) is 6.08. The molecule has 0 amide bonds. The van der Waals surface area contributed by atoms with Crippen LogP contribution in [0.3, 0.4) is 0 Å². The molecule has 96 valence electrons. The van der Waals surface area contributed by atoms with Crippen molar-refractivity contribution in [1.29, 1.82) is 0 Å². The van der Waals surface area contributed by atoms with Crippen molar-refractivity contribution in [2.24, 2.45) is 5.73 Å². The molecule has 2 aliphatic heterocycles. The molecule has 3 nitrogen and oxygen atoms in total. The lowest BCUT2D eigenvalue weighted by Gasteiger charge is -2.44. The van der Waals surface area contributed by atoms with Gasteiger partial charge in [-0.3, -0.25) is 0 Å². The van der Waals surface area contributed by atoms with Gasteiger partial charge in [0.2, 0.25) is 0 Å². The highest BCUT2D eigenvalue weighted by Crippen LogP contribution is 2.32. The van der Waals surface area contributed by atoms with Gasteiger partial charge in [0.15, 0.2) is 0 Å². The fraction of sp³-hybridized carbons (Fsp3) is 0.857. The van der Waals surface area contributed by atoms with Gasteiger partial charge in [-0.2, -0.15) is 0 Å². The number of fused-ring (bicyclic) bond motifs is 1. The zero-order valence-electron chi connectivity index (χ0n) is 11.0. The first-order chi connectivity index (χ1) is 8.29. The van der Waals surface area contributed by atoms with E-state index in [1.165, 1.54) is 38.8 Å². The molecule has 0 aromatic rings. The summed E-state index contributed by atoms with van der Waals surface area (Å²) >= 11 is 0. The van der Waals surface area contributed by atoms with E-state index in [1.807, 2.05) is 6.92 Å². The van der Waals surface area contributed by atoms with Crippen LogP contribution in [0.4, 0.5) is 0 Å². The highest BCUT2D eigenvalue weighted by atomic mass is 15.2. The largest absolute Gasteiger partial charge is 0.329 e. The van der Waals surface area contributed by atoms with Crippen LogP contribution in [-0.2, 0) is 0 Å². The molecule has 0 aromatic heterocycles. The van der Waals surface area contributed by atoms with Crippen LogP contribution in [-0.4, -0.2) is 42.7 Å². The SMILES string of the molecule is CC#CCCNC1(CN)CCN2CCCC2C1. The molecule has 17 heavy (non-hydrogen) atoms. The molecule has 2 unspecified atom stereocenters. The fourth-order valence-corrected chi connectivity index (χ4v) is 3.26. The lowest BCUT2D eigenvalue weighted by atomic mass is 9.83. The summed E-state index contributed by atoms with van der Waals surface area (Å²) in [4.78, 5) is 2.64. The van der Waals surface area contributed by atoms with Gasteiger partial charge in [-0.25, -0.2) is 0 Å². The maximum atomic E-state index is 6.02. The Morgan fingerprint density at radius 1 is 1.47 bits per heavy atom. The summed E-state index contributed by atoms with van der Waals surface area (Å²) < 4.78 is 0. The number of nitrogens with one attached hydrogen (secondary N) is 1. The van der Waals surface area contributed by atoms with Crippen molar-refractivity contribution < 1.29 is 0 Å². The zero-order chi connectivity index (χ0) is 12.1. The van der Waals surface area contributed by atoms with Crippen LogP contribution in [0.5, 0.6) is 0 Å². The van der Waals surface area contributed by atoms with E-state index in [0.717, 1.165) is 25.6 Å². The van der Waals surface area contributed by atoms with Crippen molar-refractivity contribution in [2.75, 3.05) is 26.2 Å². The van der Waals surface area contributed by atoms with Crippen molar-refractivity contribution in [3.63, 3.8) is 0 Å². The molecule has 0 saturated carbocycles. The summed E-state index contributed by atoms with van der Waals surface area (Å²) in [6, 6.07) is 0.775. The average molecular weight is 235 g/mol. The molecule has 2 fully saturated rings. The second kappa shape index (κ2) is 5.86. The van der Waals surface area contributed by atoms with Gasteiger partial charge in [0.05, 0.1) is 0 Å². The predicted molar refractivity (Wildman–Crippen MR) is 71.7 cm³/mol. The van der Waals surface area contributed by atoms with E-state index in [-0.39, 0.29) is 5.54 Å². The minimum Gasteiger partial charge on any atom is -0.329 e. The minimum atomic E-state index is 0.181. The molecule has 2 aliphatic rings. The highest BCUT2D eigenvalue weighted by Gasteiger charge is 2.40. The fourth-order valence-electron chi connectivity index (χ4n) is 3.26. The Kier molecular flexibility index (Phi) is 4.44. The van der Waals surface area contributed by atoms with Gasteiger partial charge in [-0.1, -0.05) is 0 Å². The van der Waals surface area contributed by atoms with Gasteiger partial charge in [-0.05, 0) is 39.2 Å². The van der Waals surface area contributed by atoms with Gasteiger partial charge in [-0.15, -0.1) is 11.8 Å². The molecule has 0 aliphatic carbocycles. The number of piperidine rings is 1. The monoisotopic (exact) mass is 235 g/mol. The second-order valence-electron chi connectivity index (χ2n) is 5.37. The number of hydrogen-bond donors (Lipinski definition) is 2. The van der Waals surface area contributed by atoms with E-state index in [1.54, 1.807) is 0 Å². The maximum absolute atomic E-state index is 6.02. The van der Waals surface area contributed by atoms with Crippen molar-refractivity contribution >= 4 is 0 Å². The molecule has 2 atom stereocenters. The molecule has 3 N–H and O–H groups in total. The maximum Gasteiger partial charge on any atom is 0.0331 e. The van der Waals surface area contributed by atoms with Gasteiger partial charge >= 0.3 is 0 Å². The second-order valence-corrected chi connectivity index (χ2v) is 5.37. The Morgan fingerprint density at radius 3 is 3.12 bits per heavy atom. The van der Waals surface area contributed by atoms with Crippen LogP contribution in [0, 0.1) is 11.8 Å². The third-order valence-corrected chi connectivity index (χ3v) is 4.32. The molecule has 0 radical (unpaired) electrons. The molecule has 0 bridgehead atoms. The van der Waals surface area contributed by atoms with Crippen molar-refractivity contribution in [1.82, 2.24) is 10.2 Å². The Hall–Kier alpha value is -0.560. The Balaban J connectivity index is 1.87. The van der Waals surface area contributed by atoms with Crippen LogP contribution >= 0.6 is 0 Å². The molecule has 2 heterocycles. The van der Waals surface area contributed by atoms with E-state index in [2.05, 4.69) is 22.1 Å². The first-order valence-corrected chi connectivity index (χ1v) is 6.88. The molecular formula is C14H25N3. The number of nitrogens with zero attached hydrogens (tertiary/aromatic N) is 1. The van der Waals surface area contributed by atoms with E-state index < -0.39 is 0 Å². The van der Waals surface area contributed by atoms with Crippen LogP contribution in [0.25, 0.3) is 0 Å². The molecule has 3 heteroatoms. The number of hydrogen-bond acceptors (Lipinski definition) is 3. The van der Waals surface area contributed by atoms with Crippen LogP contribution in [0.15, 0.2) is 0 Å². The quantitative estimate of drug-likeness (QED) is 0.563. The van der Waals surface area contributed by atoms with E-state index in [0.29, 0.717) is 0 Å². The standard InChI is InChI=1S/C14H25N3/c1-2-3-4-8-16-14(12-15)7-10-17-9-5-6-13(17)11-14/h13,16H,4-12,15H2,1H3. The Bertz CT molecular complexity index is 304.